The molecular weight excluding hydrogens is 408 g/mol. The number of likely N-dealkylation sites (tertiary alicyclic amines) is 1. The van der Waals surface area contributed by atoms with Crippen LogP contribution in [0, 0.1) is 0 Å². The lowest BCUT2D eigenvalue weighted by Gasteiger charge is -2.33. The van der Waals surface area contributed by atoms with E-state index in [9.17, 15) is 13.2 Å². The molecule has 1 saturated heterocycles. The summed E-state index contributed by atoms with van der Waals surface area (Å²) in [6.07, 6.45) is 4.16. The fraction of sp³-hybridized carbons (Fsp3) is 0.550. The van der Waals surface area contributed by atoms with E-state index >= 15 is 0 Å². The van der Waals surface area contributed by atoms with E-state index in [-0.39, 0.29) is 17.1 Å². The summed E-state index contributed by atoms with van der Waals surface area (Å²) in [5, 5.41) is 8.20. The maximum absolute atomic E-state index is 12.1. The zero-order valence-corrected chi connectivity index (χ0v) is 18.6. The van der Waals surface area contributed by atoms with Gasteiger partial charge in [-0.1, -0.05) is 5.21 Å². The number of carbonyl (C=O) groups is 1. The number of rotatable bonds is 5. The van der Waals surface area contributed by atoms with E-state index in [0.717, 1.165) is 12.8 Å². The summed E-state index contributed by atoms with van der Waals surface area (Å²) in [6, 6.07) is 6.45. The van der Waals surface area contributed by atoms with Gasteiger partial charge in [0, 0.05) is 19.3 Å². The van der Waals surface area contributed by atoms with Gasteiger partial charge in [-0.2, -0.15) is 0 Å². The lowest BCUT2D eigenvalue weighted by molar-refractivity contribution is -0.0178. The van der Waals surface area contributed by atoms with Gasteiger partial charge in [0.25, 0.3) is 0 Å². The van der Waals surface area contributed by atoms with Crippen LogP contribution in [-0.2, 0) is 25.9 Å². The van der Waals surface area contributed by atoms with Crippen molar-refractivity contribution in [3.05, 3.63) is 36.2 Å². The first-order chi connectivity index (χ1) is 14.0. The molecular formula is C20H28N4O5S. The molecule has 1 aliphatic heterocycles. The SMILES string of the molecule is CC(C)(C)OC(=O)N1CCC(OCc2cn(-c3ccc(S(C)(=O)=O)cc3)nn2)CC1. The fourth-order valence-corrected chi connectivity index (χ4v) is 3.70. The van der Waals surface area contributed by atoms with Crippen molar-refractivity contribution in [2.24, 2.45) is 0 Å². The minimum atomic E-state index is -3.23. The maximum Gasteiger partial charge on any atom is 0.410 e. The number of sulfone groups is 1. The van der Waals surface area contributed by atoms with Crippen LogP contribution in [0.25, 0.3) is 5.69 Å². The van der Waals surface area contributed by atoms with Gasteiger partial charge < -0.3 is 14.4 Å². The van der Waals surface area contributed by atoms with Crippen molar-refractivity contribution in [3.63, 3.8) is 0 Å². The highest BCUT2D eigenvalue weighted by atomic mass is 32.2. The van der Waals surface area contributed by atoms with Crippen LogP contribution >= 0.6 is 0 Å². The number of piperidine rings is 1. The van der Waals surface area contributed by atoms with Gasteiger partial charge in [-0.15, -0.1) is 5.10 Å². The Morgan fingerprint density at radius 3 is 2.37 bits per heavy atom. The molecule has 9 nitrogen and oxygen atoms in total. The Bertz CT molecular complexity index is 971. The van der Waals surface area contributed by atoms with E-state index < -0.39 is 15.4 Å². The minimum Gasteiger partial charge on any atom is -0.444 e. The van der Waals surface area contributed by atoms with E-state index in [1.54, 1.807) is 40.0 Å². The summed E-state index contributed by atoms with van der Waals surface area (Å²) in [4.78, 5) is 14.1. The molecule has 1 aromatic carbocycles. The molecule has 0 aliphatic carbocycles. The number of aromatic nitrogens is 3. The largest absolute Gasteiger partial charge is 0.444 e. The van der Waals surface area contributed by atoms with Gasteiger partial charge in [-0.05, 0) is 57.9 Å². The number of ether oxygens (including phenoxy) is 2. The monoisotopic (exact) mass is 436 g/mol. The van der Waals surface area contributed by atoms with Crippen LogP contribution in [0.15, 0.2) is 35.4 Å². The van der Waals surface area contributed by atoms with Crippen molar-refractivity contribution < 1.29 is 22.7 Å². The summed E-state index contributed by atoms with van der Waals surface area (Å²) in [6.45, 7) is 7.08. The summed E-state index contributed by atoms with van der Waals surface area (Å²) < 4.78 is 36.0. The Hall–Kier alpha value is -2.46. The highest BCUT2D eigenvalue weighted by Crippen LogP contribution is 2.19. The molecule has 1 aliphatic rings. The normalized spacial score (nSPS) is 15.9. The smallest absolute Gasteiger partial charge is 0.410 e. The zero-order valence-electron chi connectivity index (χ0n) is 17.7. The molecule has 1 aromatic heterocycles. The van der Waals surface area contributed by atoms with E-state index in [0.29, 0.717) is 31.1 Å². The van der Waals surface area contributed by atoms with Crippen LogP contribution in [0.3, 0.4) is 0 Å². The molecule has 0 N–H and O–H groups in total. The predicted molar refractivity (Wildman–Crippen MR) is 110 cm³/mol. The lowest BCUT2D eigenvalue weighted by atomic mass is 10.1. The number of nitrogens with zero attached hydrogens (tertiary/aromatic N) is 4. The molecule has 30 heavy (non-hydrogen) atoms. The van der Waals surface area contributed by atoms with E-state index in [2.05, 4.69) is 10.3 Å². The van der Waals surface area contributed by atoms with Crippen LogP contribution in [0.1, 0.15) is 39.3 Å². The van der Waals surface area contributed by atoms with Gasteiger partial charge in [0.05, 0.1) is 29.5 Å². The van der Waals surface area contributed by atoms with Crippen molar-refractivity contribution in [2.45, 2.75) is 56.8 Å². The second-order valence-corrected chi connectivity index (χ2v) is 10.4. The van der Waals surface area contributed by atoms with E-state index in [1.165, 1.54) is 6.26 Å². The third kappa shape index (κ3) is 6.02. The van der Waals surface area contributed by atoms with Gasteiger partial charge in [0.15, 0.2) is 9.84 Å². The molecule has 10 heteroatoms. The van der Waals surface area contributed by atoms with Crippen LogP contribution in [0.5, 0.6) is 0 Å². The van der Waals surface area contributed by atoms with Crippen LogP contribution in [0.2, 0.25) is 0 Å². The van der Waals surface area contributed by atoms with Crippen molar-refractivity contribution in [3.8, 4) is 5.69 Å². The molecule has 2 heterocycles. The fourth-order valence-electron chi connectivity index (χ4n) is 3.07. The molecule has 0 spiro atoms. The topological polar surface area (TPSA) is 104 Å². The first-order valence-corrected chi connectivity index (χ1v) is 11.7. The summed E-state index contributed by atoms with van der Waals surface area (Å²) in [5.41, 5.74) is 0.894. The third-order valence-electron chi connectivity index (χ3n) is 4.63. The molecule has 0 bridgehead atoms. The van der Waals surface area contributed by atoms with Crippen molar-refractivity contribution in [2.75, 3.05) is 19.3 Å². The highest BCUT2D eigenvalue weighted by molar-refractivity contribution is 7.90. The van der Waals surface area contributed by atoms with Crippen molar-refractivity contribution in [1.29, 1.82) is 0 Å². The first-order valence-electron chi connectivity index (χ1n) is 9.82. The second-order valence-electron chi connectivity index (χ2n) is 8.40. The zero-order chi connectivity index (χ0) is 21.9. The van der Waals surface area contributed by atoms with Gasteiger partial charge >= 0.3 is 6.09 Å². The molecule has 0 saturated carbocycles. The van der Waals surface area contributed by atoms with Crippen LogP contribution in [0.4, 0.5) is 4.79 Å². The third-order valence-corrected chi connectivity index (χ3v) is 5.76. The van der Waals surface area contributed by atoms with Crippen molar-refractivity contribution in [1.82, 2.24) is 19.9 Å². The van der Waals surface area contributed by atoms with Gasteiger partial charge in [-0.3, -0.25) is 0 Å². The first kappa shape index (κ1) is 22.2. The Labute approximate surface area is 176 Å². The van der Waals surface area contributed by atoms with Crippen LogP contribution < -0.4 is 0 Å². The molecule has 3 rings (SSSR count). The Morgan fingerprint density at radius 2 is 1.80 bits per heavy atom. The Morgan fingerprint density at radius 1 is 1.17 bits per heavy atom. The van der Waals surface area contributed by atoms with Crippen molar-refractivity contribution >= 4 is 15.9 Å². The molecule has 1 fully saturated rings. The minimum absolute atomic E-state index is 0.0443. The standard InChI is InChI=1S/C20H28N4O5S/c1-20(2,3)29-19(25)23-11-9-17(10-12-23)28-14-15-13-24(22-21-15)16-5-7-18(8-6-16)30(4,26)27/h5-8,13,17H,9-12,14H2,1-4H3. The molecule has 0 unspecified atom stereocenters. The maximum atomic E-state index is 12.1. The summed E-state index contributed by atoms with van der Waals surface area (Å²) in [5.74, 6) is 0. The number of amides is 1. The van der Waals surface area contributed by atoms with Gasteiger partial charge in [0.2, 0.25) is 0 Å². The average Bonchev–Trinajstić information content (AvgIpc) is 3.14. The number of hydrogen-bond donors (Lipinski definition) is 0. The van der Waals surface area contributed by atoms with Crippen LogP contribution in [-0.4, -0.2) is 65.5 Å². The molecule has 1 amide bonds. The average molecular weight is 437 g/mol. The second kappa shape index (κ2) is 8.73. The molecule has 0 radical (unpaired) electrons. The number of benzene rings is 1. The molecule has 0 atom stereocenters. The number of carbonyl (C=O) groups excluding carboxylic acids is 1. The molecule has 164 valence electrons. The Balaban J connectivity index is 1.49. The quantitative estimate of drug-likeness (QED) is 0.709. The lowest BCUT2D eigenvalue weighted by Crippen LogP contribution is -2.43. The number of hydrogen-bond acceptors (Lipinski definition) is 7. The summed E-state index contributed by atoms with van der Waals surface area (Å²) >= 11 is 0. The predicted octanol–water partition coefficient (Wildman–Crippen LogP) is 2.59. The van der Waals surface area contributed by atoms with Gasteiger partial charge in [0.1, 0.15) is 11.3 Å². The van der Waals surface area contributed by atoms with E-state index in [1.807, 2.05) is 20.8 Å². The Kier molecular flexibility index (Phi) is 6.47. The molecule has 2 aromatic rings. The highest BCUT2D eigenvalue weighted by Gasteiger charge is 2.27. The van der Waals surface area contributed by atoms with Gasteiger partial charge in [-0.25, -0.2) is 17.9 Å². The summed E-state index contributed by atoms with van der Waals surface area (Å²) in [7, 11) is -3.23. The van der Waals surface area contributed by atoms with E-state index in [4.69, 9.17) is 9.47 Å².